The van der Waals surface area contributed by atoms with Crippen LogP contribution in [0.25, 0.3) is 0 Å². The Kier molecular flexibility index (Phi) is 10.3. The summed E-state index contributed by atoms with van der Waals surface area (Å²) in [7, 11) is 0. The normalized spacial score (nSPS) is 10.6. The number of hydrogen-bond donors (Lipinski definition) is 0. The number of nitriles is 1. The monoisotopic (exact) mass is 268 g/mol. The van der Waals surface area contributed by atoms with Gasteiger partial charge in [0.2, 0.25) is 0 Å². The molecule has 63 valence electrons. The van der Waals surface area contributed by atoms with Crippen LogP contribution < -0.4 is 0 Å². The zero-order valence-corrected chi connectivity index (χ0v) is 10.1. The molecule has 0 aromatic rings. The topological polar surface area (TPSA) is 23.8 Å². The Morgan fingerprint density at radius 1 is 1.42 bits per heavy atom. The summed E-state index contributed by atoms with van der Waals surface area (Å²) >= 11 is -0.403. The molecule has 0 spiro atoms. The van der Waals surface area contributed by atoms with Gasteiger partial charge in [-0.1, -0.05) is 0 Å². The standard InChI is InChI=1S/C8H13.C2HN.Sn/c1-3-5-7-8-6-4-2;1-2-3;/h3,5,7H,1-2,4,6,8H2;1H;/b7-5+;;. The first-order valence-corrected chi connectivity index (χ1v) is 7.80. The minimum absolute atomic E-state index is 0.403. The van der Waals surface area contributed by atoms with Crippen LogP contribution in [0.15, 0.2) is 24.8 Å². The summed E-state index contributed by atoms with van der Waals surface area (Å²) in [4.78, 5) is 0. The van der Waals surface area contributed by atoms with E-state index < -0.39 is 20.7 Å². The van der Waals surface area contributed by atoms with Crippen molar-refractivity contribution in [1.82, 2.24) is 0 Å². The van der Waals surface area contributed by atoms with Gasteiger partial charge in [-0.2, -0.15) is 0 Å². The van der Waals surface area contributed by atoms with E-state index in [1.54, 1.807) is 6.08 Å². The van der Waals surface area contributed by atoms with E-state index in [2.05, 4.69) is 18.7 Å². The molecule has 0 fully saturated rings. The van der Waals surface area contributed by atoms with E-state index in [4.69, 9.17) is 5.26 Å². The molecule has 0 aliphatic heterocycles. The maximum absolute atomic E-state index is 8.25. The Morgan fingerprint density at radius 2 is 2.25 bits per heavy atom. The molecule has 0 aliphatic carbocycles. The van der Waals surface area contributed by atoms with Crippen molar-refractivity contribution in [2.45, 2.75) is 23.7 Å². The first-order chi connectivity index (χ1) is 5.91. The fourth-order valence-corrected chi connectivity index (χ4v) is 2.77. The van der Waals surface area contributed by atoms with Crippen LogP contribution >= 0.6 is 0 Å². The Morgan fingerprint density at radius 3 is 2.92 bits per heavy atom. The molecular formula is C10H14NSn. The molecule has 0 saturated carbocycles. The van der Waals surface area contributed by atoms with Gasteiger partial charge in [-0.15, -0.1) is 0 Å². The van der Waals surface area contributed by atoms with Crippen molar-refractivity contribution in [3.8, 4) is 6.07 Å². The maximum atomic E-state index is 8.25. The van der Waals surface area contributed by atoms with Gasteiger partial charge < -0.3 is 0 Å². The molecule has 0 heterocycles. The zero-order chi connectivity index (χ0) is 9.07. The molecule has 1 nitrogen and oxygen atoms in total. The van der Waals surface area contributed by atoms with Crippen molar-refractivity contribution < 1.29 is 0 Å². The van der Waals surface area contributed by atoms with Gasteiger partial charge in [-0.05, 0) is 0 Å². The van der Waals surface area contributed by atoms with Gasteiger partial charge in [-0.25, -0.2) is 0 Å². The average Bonchev–Trinajstić information content (AvgIpc) is 2.10. The van der Waals surface area contributed by atoms with E-state index in [9.17, 15) is 0 Å². The first-order valence-electron chi connectivity index (χ1n) is 4.14. The van der Waals surface area contributed by atoms with Gasteiger partial charge in [0.25, 0.3) is 0 Å². The molecule has 0 aromatic carbocycles. The zero-order valence-electron chi connectivity index (χ0n) is 7.29. The van der Waals surface area contributed by atoms with Gasteiger partial charge in [0, 0.05) is 0 Å². The molecule has 0 saturated heterocycles. The Balaban J connectivity index is 3.12. The third kappa shape index (κ3) is 9.64. The summed E-state index contributed by atoms with van der Waals surface area (Å²) < 4.78 is 3.14. The van der Waals surface area contributed by atoms with Crippen molar-refractivity contribution in [2.24, 2.45) is 0 Å². The Bertz CT molecular complexity index is 198. The fraction of sp³-hybridized carbons (Fsp3) is 0.400. The van der Waals surface area contributed by atoms with Crippen molar-refractivity contribution in [1.29, 1.82) is 5.26 Å². The van der Waals surface area contributed by atoms with Gasteiger partial charge in [0.15, 0.2) is 0 Å². The van der Waals surface area contributed by atoms with E-state index in [0.29, 0.717) is 0 Å². The van der Waals surface area contributed by atoms with Gasteiger partial charge in [0.1, 0.15) is 0 Å². The van der Waals surface area contributed by atoms with Crippen LogP contribution in [-0.4, -0.2) is 24.7 Å². The summed E-state index contributed by atoms with van der Waals surface area (Å²) in [6, 6.07) is 2.10. The molecule has 12 heavy (non-hydrogen) atoms. The molecule has 0 rings (SSSR count). The molecule has 0 N–H and O–H groups in total. The van der Waals surface area contributed by atoms with Crippen molar-refractivity contribution >= 4 is 24.7 Å². The van der Waals surface area contributed by atoms with Crippen LogP contribution in [-0.2, 0) is 0 Å². The van der Waals surface area contributed by atoms with Crippen LogP contribution in [0.1, 0.15) is 19.3 Å². The predicted molar refractivity (Wildman–Crippen MR) is 55.4 cm³/mol. The Labute approximate surface area is 84.5 Å². The van der Waals surface area contributed by atoms with E-state index in [0.717, 1.165) is 6.42 Å². The number of rotatable bonds is 6. The summed E-state index contributed by atoms with van der Waals surface area (Å²) in [5, 5.41) is 8.25. The van der Waals surface area contributed by atoms with E-state index in [1.807, 2.05) is 10.1 Å². The summed E-state index contributed by atoms with van der Waals surface area (Å²) in [6.07, 6.45) is 9.63. The van der Waals surface area contributed by atoms with Crippen molar-refractivity contribution in [3.05, 3.63) is 24.8 Å². The average molecular weight is 267 g/mol. The number of allylic oxidation sites excluding steroid dienone is 3. The Hall–Kier alpha value is -0.361. The van der Waals surface area contributed by atoms with Gasteiger partial charge in [0.05, 0.1) is 0 Å². The predicted octanol–water partition coefficient (Wildman–Crippen LogP) is 2.35. The molecule has 0 atom stereocenters. The molecule has 2 heteroatoms. The van der Waals surface area contributed by atoms with Crippen LogP contribution in [0.5, 0.6) is 0 Å². The molecule has 0 unspecified atom stereocenters. The third-order valence-electron chi connectivity index (χ3n) is 1.38. The molecule has 1 radical (unpaired) electrons. The van der Waals surface area contributed by atoms with E-state index >= 15 is 0 Å². The third-order valence-corrected chi connectivity index (χ3v) is 4.16. The van der Waals surface area contributed by atoms with Crippen LogP contribution in [0.3, 0.4) is 0 Å². The summed E-state index contributed by atoms with van der Waals surface area (Å²) in [5.74, 6) is 0. The van der Waals surface area contributed by atoms with Gasteiger partial charge in [-0.3, -0.25) is 0 Å². The molecule has 0 aromatic heterocycles. The number of nitrogens with zero attached hydrogens (tertiary/aromatic N) is 1. The van der Waals surface area contributed by atoms with Crippen LogP contribution in [0.4, 0.5) is 0 Å². The second-order valence-electron chi connectivity index (χ2n) is 2.39. The van der Waals surface area contributed by atoms with Crippen LogP contribution in [0, 0.1) is 11.3 Å². The number of unbranched alkanes of at least 4 members (excludes halogenated alkanes) is 2. The van der Waals surface area contributed by atoms with Gasteiger partial charge >= 0.3 is 84.5 Å². The first kappa shape index (κ1) is 11.6. The summed E-state index contributed by atoms with van der Waals surface area (Å²) in [5.41, 5.74) is 0. The molecule has 0 aliphatic rings. The molecule has 0 amide bonds. The SMILES string of the molecule is C=C/C=C/CCC[CH2][Sn]=[CH]C#N. The van der Waals surface area contributed by atoms with E-state index in [-0.39, 0.29) is 0 Å². The summed E-state index contributed by atoms with van der Waals surface area (Å²) in [6.45, 7) is 3.60. The van der Waals surface area contributed by atoms with Crippen LogP contribution in [0.2, 0.25) is 4.44 Å². The van der Waals surface area contributed by atoms with E-state index in [1.165, 1.54) is 17.3 Å². The fourth-order valence-electron chi connectivity index (χ4n) is 0.800. The second kappa shape index (κ2) is 10.6. The minimum atomic E-state index is -0.403. The number of hydrogen-bond acceptors (Lipinski definition) is 1. The quantitative estimate of drug-likeness (QED) is 0.411. The molecule has 0 bridgehead atoms. The van der Waals surface area contributed by atoms with Crippen molar-refractivity contribution in [3.63, 3.8) is 0 Å². The second-order valence-corrected chi connectivity index (χ2v) is 5.80. The van der Waals surface area contributed by atoms with Crippen molar-refractivity contribution in [2.75, 3.05) is 0 Å². The molecular weight excluding hydrogens is 253 g/mol.